The SMILES string of the molecule is Cc1ccccc1/C=N\NC(=O)c1nn(Cc2ccccc2)c(=O)c2ccccc12. The molecule has 0 bridgehead atoms. The fourth-order valence-electron chi connectivity index (χ4n) is 3.21. The lowest BCUT2D eigenvalue weighted by Crippen LogP contribution is -2.29. The standard InChI is InChI=1S/C24H20N4O2/c1-17-9-5-6-12-19(17)15-25-26-23(29)22-20-13-7-8-14-21(20)24(30)28(27-22)16-18-10-3-2-4-11-18/h2-15H,16H2,1H3,(H,26,29)/b25-15-. The first-order valence-electron chi connectivity index (χ1n) is 9.56. The van der Waals surface area contributed by atoms with Crippen LogP contribution in [0.5, 0.6) is 0 Å². The van der Waals surface area contributed by atoms with Crippen molar-refractivity contribution in [3.05, 3.63) is 112 Å². The average Bonchev–Trinajstić information content (AvgIpc) is 2.77. The number of amides is 1. The molecule has 0 spiro atoms. The summed E-state index contributed by atoms with van der Waals surface area (Å²) in [6.07, 6.45) is 1.59. The van der Waals surface area contributed by atoms with Gasteiger partial charge in [0.25, 0.3) is 11.5 Å². The van der Waals surface area contributed by atoms with E-state index in [-0.39, 0.29) is 17.8 Å². The second-order valence-electron chi connectivity index (χ2n) is 6.90. The predicted molar refractivity (Wildman–Crippen MR) is 118 cm³/mol. The van der Waals surface area contributed by atoms with Gasteiger partial charge in [0.1, 0.15) is 0 Å². The van der Waals surface area contributed by atoms with Crippen LogP contribution < -0.4 is 11.0 Å². The molecule has 0 aliphatic rings. The van der Waals surface area contributed by atoms with Gasteiger partial charge in [0.15, 0.2) is 5.69 Å². The van der Waals surface area contributed by atoms with Crippen molar-refractivity contribution in [2.75, 3.05) is 0 Å². The molecule has 1 aromatic heterocycles. The molecule has 1 N–H and O–H groups in total. The summed E-state index contributed by atoms with van der Waals surface area (Å²) >= 11 is 0. The van der Waals surface area contributed by atoms with Crippen molar-refractivity contribution in [3.63, 3.8) is 0 Å². The Kier molecular flexibility index (Phi) is 5.48. The maximum atomic E-state index is 12.9. The zero-order valence-electron chi connectivity index (χ0n) is 16.4. The maximum Gasteiger partial charge on any atom is 0.292 e. The second kappa shape index (κ2) is 8.53. The Balaban J connectivity index is 1.68. The first kappa shape index (κ1) is 19.3. The molecule has 148 valence electrons. The highest BCUT2D eigenvalue weighted by Gasteiger charge is 2.16. The smallest absolute Gasteiger partial charge is 0.267 e. The molecule has 0 saturated carbocycles. The molecular formula is C24H20N4O2. The van der Waals surface area contributed by atoms with Crippen LogP contribution in [0.15, 0.2) is 88.8 Å². The summed E-state index contributed by atoms with van der Waals surface area (Å²) in [6.45, 7) is 2.25. The summed E-state index contributed by atoms with van der Waals surface area (Å²) < 4.78 is 1.32. The van der Waals surface area contributed by atoms with E-state index >= 15 is 0 Å². The summed E-state index contributed by atoms with van der Waals surface area (Å²) in [4.78, 5) is 25.7. The van der Waals surface area contributed by atoms with E-state index in [4.69, 9.17) is 0 Å². The molecule has 0 radical (unpaired) electrons. The van der Waals surface area contributed by atoms with Gasteiger partial charge in [-0.1, -0.05) is 72.8 Å². The Morgan fingerprint density at radius 3 is 2.40 bits per heavy atom. The lowest BCUT2D eigenvalue weighted by Gasteiger charge is -2.10. The summed E-state index contributed by atoms with van der Waals surface area (Å²) in [5.74, 6) is -0.474. The van der Waals surface area contributed by atoms with Gasteiger partial charge in [0.05, 0.1) is 18.1 Å². The van der Waals surface area contributed by atoms with E-state index in [9.17, 15) is 9.59 Å². The number of carbonyl (C=O) groups excluding carboxylic acids is 1. The van der Waals surface area contributed by atoms with Crippen molar-refractivity contribution in [2.45, 2.75) is 13.5 Å². The lowest BCUT2D eigenvalue weighted by molar-refractivity contribution is 0.0949. The van der Waals surface area contributed by atoms with Gasteiger partial charge in [0, 0.05) is 5.39 Å². The van der Waals surface area contributed by atoms with Crippen LogP contribution in [-0.2, 0) is 6.54 Å². The molecule has 0 aliphatic carbocycles. The normalized spacial score (nSPS) is 11.1. The van der Waals surface area contributed by atoms with Crippen molar-refractivity contribution < 1.29 is 4.79 Å². The molecule has 0 aliphatic heterocycles. The van der Waals surface area contributed by atoms with Crippen molar-refractivity contribution >= 4 is 22.9 Å². The first-order chi connectivity index (χ1) is 14.6. The van der Waals surface area contributed by atoms with Gasteiger partial charge in [-0.25, -0.2) is 10.1 Å². The van der Waals surface area contributed by atoms with Crippen molar-refractivity contribution in [1.82, 2.24) is 15.2 Å². The Bertz CT molecular complexity index is 1290. The Morgan fingerprint density at radius 2 is 1.63 bits per heavy atom. The third-order valence-electron chi connectivity index (χ3n) is 4.82. The topological polar surface area (TPSA) is 76.3 Å². The Hall–Kier alpha value is -4.06. The molecule has 30 heavy (non-hydrogen) atoms. The highest BCUT2D eigenvalue weighted by Crippen LogP contribution is 2.14. The van der Waals surface area contributed by atoms with E-state index in [1.165, 1.54) is 4.68 Å². The van der Waals surface area contributed by atoms with Gasteiger partial charge in [0.2, 0.25) is 0 Å². The van der Waals surface area contributed by atoms with Crippen LogP contribution >= 0.6 is 0 Å². The third kappa shape index (κ3) is 4.03. The maximum absolute atomic E-state index is 12.9. The molecule has 6 nitrogen and oxygen atoms in total. The van der Waals surface area contributed by atoms with Crippen LogP contribution in [0, 0.1) is 6.92 Å². The molecular weight excluding hydrogens is 376 g/mol. The minimum atomic E-state index is -0.474. The Labute approximate surface area is 173 Å². The molecule has 4 rings (SSSR count). The Morgan fingerprint density at radius 1 is 0.967 bits per heavy atom. The number of nitrogens with one attached hydrogen (secondary N) is 1. The fraction of sp³-hybridized carbons (Fsp3) is 0.0833. The van der Waals surface area contributed by atoms with Gasteiger partial charge in [-0.2, -0.15) is 10.2 Å². The van der Waals surface area contributed by atoms with Gasteiger partial charge >= 0.3 is 0 Å². The van der Waals surface area contributed by atoms with Crippen LogP contribution in [0.25, 0.3) is 10.8 Å². The molecule has 0 unspecified atom stereocenters. The number of fused-ring (bicyclic) bond motifs is 1. The lowest BCUT2D eigenvalue weighted by atomic mass is 10.1. The summed E-state index contributed by atoms with van der Waals surface area (Å²) in [5.41, 5.74) is 5.33. The second-order valence-corrected chi connectivity index (χ2v) is 6.90. The van der Waals surface area contributed by atoms with Gasteiger partial charge < -0.3 is 0 Å². The molecule has 0 atom stereocenters. The number of carbonyl (C=O) groups is 1. The quantitative estimate of drug-likeness (QED) is 0.414. The number of benzene rings is 3. The molecule has 4 aromatic rings. The minimum absolute atomic E-state index is 0.156. The zero-order valence-corrected chi connectivity index (χ0v) is 16.4. The van der Waals surface area contributed by atoms with E-state index in [0.29, 0.717) is 10.8 Å². The van der Waals surface area contributed by atoms with Crippen molar-refractivity contribution in [1.29, 1.82) is 0 Å². The number of hydrogen-bond donors (Lipinski definition) is 1. The average molecular weight is 396 g/mol. The number of aryl methyl sites for hydroxylation is 1. The monoisotopic (exact) mass is 396 g/mol. The molecule has 6 heteroatoms. The predicted octanol–water partition coefficient (Wildman–Crippen LogP) is 3.52. The minimum Gasteiger partial charge on any atom is -0.267 e. The van der Waals surface area contributed by atoms with E-state index in [1.54, 1.807) is 30.5 Å². The van der Waals surface area contributed by atoms with Crippen LogP contribution in [-0.4, -0.2) is 21.9 Å². The summed E-state index contributed by atoms with van der Waals surface area (Å²) in [7, 11) is 0. The van der Waals surface area contributed by atoms with E-state index in [1.807, 2.05) is 61.5 Å². The van der Waals surface area contributed by atoms with Crippen LogP contribution in [0.1, 0.15) is 27.2 Å². The number of aromatic nitrogens is 2. The number of rotatable bonds is 5. The number of hydrazone groups is 1. The number of nitrogens with zero attached hydrogens (tertiary/aromatic N) is 3. The number of hydrogen-bond acceptors (Lipinski definition) is 4. The summed E-state index contributed by atoms with van der Waals surface area (Å²) in [5, 5.41) is 9.36. The highest BCUT2D eigenvalue weighted by atomic mass is 16.2. The summed E-state index contributed by atoms with van der Waals surface area (Å²) in [6, 6.07) is 24.2. The van der Waals surface area contributed by atoms with Crippen LogP contribution in [0.4, 0.5) is 0 Å². The van der Waals surface area contributed by atoms with Gasteiger partial charge in [-0.15, -0.1) is 0 Å². The molecule has 1 heterocycles. The first-order valence-corrected chi connectivity index (χ1v) is 9.56. The molecule has 3 aromatic carbocycles. The van der Waals surface area contributed by atoms with Gasteiger partial charge in [-0.3, -0.25) is 9.59 Å². The van der Waals surface area contributed by atoms with Crippen molar-refractivity contribution in [3.8, 4) is 0 Å². The third-order valence-corrected chi connectivity index (χ3v) is 4.82. The molecule has 1 amide bonds. The van der Waals surface area contributed by atoms with Crippen LogP contribution in [0.2, 0.25) is 0 Å². The van der Waals surface area contributed by atoms with Gasteiger partial charge in [-0.05, 0) is 29.7 Å². The zero-order chi connectivity index (χ0) is 20.9. The van der Waals surface area contributed by atoms with E-state index in [2.05, 4.69) is 15.6 Å². The van der Waals surface area contributed by atoms with E-state index in [0.717, 1.165) is 16.7 Å². The van der Waals surface area contributed by atoms with Crippen molar-refractivity contribution in [2.24, 2.45) is 5.10 Å². The molecule has 0 fully saturated rings. The molecule has 0 saturated heterocycles. The van der Waals surface area contributed by atoms with E-state index < -0.39 is 5.91 Å². The fourth-order valence-corrected chi connectivity index (χ4v) is 3.21. The highest BCUT2D eigenvalue weighted by molar-refractivity contribution is 6.05. The van der Waals surface area contributed by atoms with Crippen LogP contribution in [0.3, 0.4) is 0 Å². The largest absolute Gasteiger partial charge is 0.292 e.